The van der Waals surface area contributed by atoms with Crippen LogP contribution in [0.1, 0.15) is 28.6 Å². The van der Waals surface area contributed by atoms with Gasteiger partial charge in [-0.25, -0.2) is 4.99 Å². The summed E-state index contributed by atoms with van der Waals surface area (Å²) in [6.07, 6.45) is 1.65. The molecule has 0 spiro atoms. The van der Waals surface area contributed by atoms with Crippen LogP contribution in [-0.4, -0.2) is 12.1 Å². The summed E-state index contributed by atoms with van der Waals surface area (Å²) < 4.78 is 6.27. The van der Waals surface area contributed by atoms with Gasteiger partial charge < -0.3 is 15.1 Å². The molecule has 45 heavy (non-hydrogen) atoms. The molecule has 0 radical (unpaired) electrons. The van der Waals surface area contributed by atoms with Crippen LogP contribution in [0.15, 0.2) is 142 Å². The topological polar surface area (TPSA) is 61.9 Å². The molecule has 0 amide bonds. The van der Waals surface area contributed by atoms with Crippen LogP contribution in [0.5, 0.6) is 0 Å². The number of fused-ring (bicyclic) bond motifs is 7. The lowest BCUT2D eigenvalue weighted by Gasteiger charge is -2.30. The summed E-state index contributed by atoms with van der Waals surface area (Å²) in [5.41, 5.74) is 10.2. The second-order valence-corrected chi connectivity index (χ2v) is 11.8. The first-order chi connectivity index (χ1) is 22.3. The van der Waals surface area contributed by atoms with Crippen molar-refractivity contribution >= 4 is 50.1 Å². The summed E-state index contributed by atoms with van der Waals surface area (Å²) in [4.78, 5) is 10.1. The van der Waals surface area contributed by atoms with Gasteiger partial charge in [-0.05, 0) is 61.5 Å². The van der Waals surface area contributed by atoms with Crippen LogP contribution in [0.25, 0.3) is 60.3 Å². The maximum atomic E-state index is 6.27. The minimum Gasteiger partial charge on any atom is -0.458 e. The summed E-state index contributed by atoms with van der Waals surface area (Å²) in [5.74, 6) is 2.56. The number of rotatable bonds is 2. The van der Waals surface area contributed by atoms with Gasteiger partial charge in [-0.15, -0.1) is 0 Å². The molecular formula is C40H26N4O. The lowest BCUT2D eigenvalue weighted by Crippen LogP contribution is -2.41. The summed E-state index contributed by atoms with van der Waals surface area (Å²) in [6.45, 7) is 0.519. The smallest absolute Gasteiger partial charge is 0.148 e. The summed E-state index contributed by atoms with van der Waals surface area (Å²) in [6, 6.07) is 43.0. The van der Waals surface area contributed by atoms with Crippen molar-refractivity contribution in [3.63, 3.8) is 0 Å². The molecule has 212 valence electrons. The van der Waals surface area contributed by atoms with E-state index >= 15 is 0 Å². The molecule has 3 heterocycles. The number of nitrogens with zero attached hydrogens (tertiary/aromatic N) is 2. The number of hydrogen-bond donors (Lipinski definition) is 2. The van der Waals surface area contributed by atoms with E-state index in [1.807, 2.05) is 18.3 Å². The second-order valence-electron chi connectivity index (χ2n) is 11.8. The van der Waals surface area contributed by atoms with E-state index in [0.29, 0.717) is 6.54 Å². The van der Waals surface area contributed by atoms with Crippen LogP contribution >= 0.6 is 0 Å². The van der Waals surface area contributed by atoms with Crippen LogP contribution in [0, 0.1) is 0 Å². The van der Waals surface area contributed by atoms with Crippen molar-refractivity contribution in [2.45, 2.75) is 12.7 Å². The Kier molecular flexibility index (Phi) is 5.05. The Balaban J connectivity index is 1.20. The Morgan fingerprint density at radius 1 is 0.644 bits per heavy atom. The molecule has 0 bridgehead atoms. The van der Waals surface area contributed by atoms with E-state index in [0.717, 1.165) is 50.6 Å². The minimum atomic E-state index is -0.314. The minimum absolute atomic E-state index is 0.314. The second kappa shape index (κ2) is 9.28. The highest BCUT2D eigenvalue weighted by Gasteiger charge is 2.29. The number of aliphatic imine (C=N–C) groups is 2. The van der Waals surface area contributed by atoms with Crippen LogP contribution in [0.3, 0.4) is 0 Å². The van der Waals surface area contributed by atoms with Gasteiger partial charge in [0.05, 0.1) is 6.54 Å². The molecule has 0 saturated heterocycles. The third-order valence-corrected chi connectivity index (χ3v) is 9.34. The quantitative estimate of drug-likeness (QED) is 0.215. The zero-order chi connectivity index (χ0) is 29.5. The maximum absolute atomic E-state index is 6.27. The molecule has 2 N–H and O–H groups in total. The number of hydrogen-bond acceptors (Lipinski definition) is 5. The fraction of sp³-hybridized carbons (Fsp3) is 0.0500. The van der Waals surface area contributed by atoms with Gasteiger partial charge in [0.25, 0.3) is 0 Å². The van der Waals surface area contributed by atoms with Crippen molar-refractivity contribution in [2.24, 2.45) is 9.98 Å². The molecule has 5 nitrogen and oxygen atoms in total. The first-order valence-corrected chi connectivity index (χ1v) is 15.3. The molecule has 5 heteroatoms. The van der Waals surface area contributed by atoms with E-state index in [1.165, 1.54) is 43.8 Å². The zero-order valence-corrected chi connectivity index (χ0v) is 24.2. The Bertz CT molecular complexity index is 2450. The van der Waals surface area contributed by atoms with E-state index in [2.05, 4.69) is 120 Å². The Morgan fingerprint density at radius 2 is 1.38 bits per heavy atom. The van der Waals surface area contributed by atoms with Gasteiger partial charge >= 0.3 is 0 Å². The van der Waals surface area contributed by atoms with Crippen LogP contribution in [-0.2, 0) is 6.54 Å². The van der Waals surface area contributed by atoms with E-state index in [4.69, 9.17) is 14.4 Å². The normalized spacial score (nSPS) is 18.0. The monoisotopic (exact) mass is 578 g/mol. The molecule has 1 aromatic heterocycles. The van der Waals surface area contributed by atoms with Crippen molar-refractivity contribution in [1.29, 1.82) is 0 Å². The molecule has 10 rings (SSSR count). The van der Waals surface area contributed by atoms with Crippen LogP contribution in [0.2, 0.25) is 0 Å². The predicted molar refractivity (Wildman–Crippen MR) is 183 cm³/mol. The van der Waals surface area contributed by atoms with Gasteiger partial charge in [-0.2, -0.15) is 0 Å². The van der Waals surface area contributed by atoms with Gasteiger partial charge in [-0.3, -0.25) is 4.99 Å². The third kappa shape index (κ3) is 3.61. The first-order valence-electron chi connectivity index (χ1n) is 15.3. The molecule has 0 saturated carbocycles. The molecule has 6 aromatic carbocycles. The lowest BCUT2D eigenvalue weighted by molar-refractivity contribution is 0.549. The van der Waals surface area contributed by atoms with E-state index in [-0.39, 0.29) is 6.17 Å². The van der Waals surface area contributed by atoms with E-state index in [1.54, 1.807) is 0 Å². The number of allylic oxidation sites excluding steroid dienone is 1. The Hall–Kier alpha value is -5.94. The molecular weight excluding hydrogens is 552 g/mol. The van der Waals surface area contributed by atoms with Crippen LogP contribution in [0.4, 0.5) is 0 Å². The van der Waals surface area contributed by atoms with Gasteiger partial charge in [0, 0.05) is 28.3 Å². The third-order valence-electron chi connectivity index (χ3n) is 9.34. The van der Waals surface area contributed by atoms with E-state index in [9.17, 15) is 0 Å². The standard InChI is InChI=1S/C40H26N4O/c1-2-9-24-20-25(17-16-23(24)8-1)38-42-39(31-19-18-30-27-11-4-3-10-26(27)28-13-7-14-29(31)36(28)30)44-40(43-38)33-21-41-22-35-37(33)32-12-5-6-15-34(32)45-35/h1-21,38,43H,22H2,(H,42,44). The Labute approximate surface area is 259 Å². The molecule has 2 aliphatic heterocycles. The summed E-state index contributed by atoms with van der Waals surface area (Å²) in [5, 5.41) is 13.4. The SMILES string of the molecule is C1=NCc2oc3ccccc3c2C1=C1NC(c2ccc3c4c(cccc24)-c2ccccc2-3)=NC(c2ccc3ccccc3c2)N1. The van der Waals surface area contributed by atoms with Crippen LogP contribution < -0.4 is 10.6 Å². The molecule has 3 aliphatic rings. The predicted octanol–water partition coefficient (Wildman–Crippen LogP) is 8.98. The Morgan fingerprint density at radius 3 is 2.29 bits per heavy atom. The summed E-state index contributed by atoms with van der Waals surface area (Å²) in [7, 11) is 0. The molecule has 7 aromatic rings. The maximum Gasteiger partial charge on any atom is 0.148 e. The van der Waals surface area contributed by atoms with Crippen molar-refractivity contribution in [2.75, 3.05) is 0 Å². The fourth-order valence-corrected chi connectivity index (χ4v) is 7.29. The number of furan rings is 1. The van der Waals surface area contributed by atoms with Crippen molar-refractivity contribution in [3.8, 4) is 22.3 Å². The van der Waals surface area contributed by atoms with Crippen molar-refractivity contribution in [1.82, 2.24) is 10.6 Å². The molecule has 0 fully saturated rings. The molecule has 1 atom stereocenters. The van der Waals surface area contributed by atoms with Gasteiger partial charge in [-0.1, -0.05) is 109 Å². The largest absolute Gasteiger partial charge is 0.458 e. The number of benzene rings is 6. The number of nitrogens with one attached hydrogen (secondary N) is 2. The van der Waals surface area contributed by atoms with Gasteiger partial charge in [0.15, 0.2) is 0 Å². The fourth-order valence-electron chi connectivity index (χ4n) is 7.29. The van der Waals surface area contributed by atoms with Crippen molar-refractivity contribution in [3.05, 3.63) is 150 Å². The summed E-state index contributed by atoms with van der Waals surface area (Å²) >= 11 is 0. The van der Waals surface area contributed by atoms with Crippen molar-refractivity contribution < 1.29 is 4.42 Å². The highest BCUT2D eigenvalue weighted by molar-refractivity contribution is 6.23. The average molecular weight is 579 g/mol. The molecule has 1 unspecified atom stereocenters. The van der Waals surface area contributed by atoms with Gasteiger partial charge in [0.2, 0.25) is 0 Å². The highest BCUT2D eigenvalue weighted by atomic mass is 16.3. The first kappa shape index (κ1) is 24.5. The average Bonchev–Trinajstić information content (AvgIpc) is 3.65. The van der Waals surface area contributed by atoms with E-state index < -0.39 is 0 Å². The van der Waals surface area contributed by atoms with Gasteiger partial charge in [0.1, 0.15) is 29.2 Å². The number of amidine groups is 1. The lowest BCUT2D eigenvalue weighted by atomic mass is 9.96. The highest BCUT2D eigenvalue weighted by Crippen LogP contribution is 2.48. The number of para-hydroxylation sites is 1. The zero-order valence-electron chi connectivity index (χ0n) is 24.2. The molecule has 1 aliphatic carbocycles.